The first kappa shape index (κ1) is 15.3. The molecule has 5 heteroatoms. The van der Waals surface area contributed by atoms with Crippen molar-refractivity contribution in [1.29, 1.82) is 0 Å². The molecule has 0 bridgehead atoms. The van der Waals surface area contributed by atoms with Crippen LogP contribution in [-0.2, 0) is 14.3 Å². The number of morpholine rings is 1. The van der Waals surface area contributed by atoms with E-state index < -0.39 is 0 Å². The molecule has 5 nitrogen and oxygen atoms in total. The van der Waals surface area contributed by atoms with Gasteiger partial charge in [-0.25, -0.2) is 0 Å². The molecular formula is C16H20N2O3. The van der Waals surface area contributed by atoms with Gasteiger partial charge < -0.3 is 9.64 Å². The SMILES string of the molecule is C=CN(C(=O)CCC(=O)N1CCOCC1)c1ccccc1. The molecule has 1 aromatic rings. The van der Waals surface area contributed by atoms with Gasteiger partial charge in [-0.05, 0) is 12.1 Å². The molecule has 0 aliphatic carbocycles. The van der Waals surface area contributed by atoms with Crippen LogP contribution in [0.3, 0.4) is 0 Å². The lowest BCUT2D eigenvalue weighted by molar-refractivity contribution is -0.136. The van der Waals surface area contributed by atoms with E-state index in [0.717, 1.165) is 5.69 Å². The van der Waals surface area contributed by atoms with E-state index in [0.29, 0.717) is 26.3 Å². The van der Waals surface area contributed by atoms with Gasteiger partial charge in [-0.2, -0.15) is 0 Å². The first-order valence-electron chi connectivity index (χ1n) is 7.07. The predicted molar refractivity (Wildman–Crippen MR) is 80.8 cm³/mol. The molecule has 0 saturated carbocycles. The molecule has 2 amide bonds. The van der Waals surface area contributed by atoms with Crippen LogP contribution in [0.1, 0.15) is 12.8 Å². The first-order valence-corrected chi connectivity index (χ1v) is 7.07. The van der Waals surface area contributed by atoms with Gasteiger partial charge in [-0.15, -0.1) is 0 Å². The van der Waals surface area contributed by atoms with Crippen molar-refractivity contribution in [3.05, 3.63) is 43.1 Å². The van der Waals surface area contributed by atoms with Crippen LogP contribution >= 0.6 is 0 Å². The molecule has 1 aromatic carbocycles. The Kier molecular flexibility index (Phi) is 5.51. The molecule has 0 N–H and O–H groups in total. The summed E-state index contributed by atoms with van der Waals surface area (Å²) in [6.07, 6.45) is 1.88. The molecule has 1 aliphatic rings. The summed E-state index contributed by atoms with van der Waals surface area (Å²) in [5.74, 6) is -0.124. The molecule has 1 saturated heterocycles. The highest BCUT2D eigenvalue weighted by molar-refractivity contribution is 5.96. The molecule has 0 aromatic heterocycles. The van der Waals surface area contributed by atoms with Crippen molar-refractivity contribution in [2.24, 2.45) is 0 Å². The van der Waals surface area contributed by atoms with Gasteiger partial charge in [0.25, 0.3) is 0 Å². The zero-order valence-corrected chi connectivity index (χ0v) is 12.0. The zero-order chi connectivity index (χ0) is 15.1. The van der Waals surface area contributed by atoms with Crippen LogP contribution in [0.15, 0.2) is 43.1 Å². The number of nitrogens with zero attached hydrogens (tertiary/aromatic N) is 2. The van der Waals surface area contributed by atoms with Crippen molar-refractivity contribution in [2.45, 2.75) is 12.8 Å². The number of amides is 2. The summed E-state index contributed by atoms with van der Waals surface area (Å²) in [5.41, 5.74) is 0.760. The van der Waals surface area contributed by atoms with Gasteiger partial charge in [-0.1, -0.05) is 24.8 Å². The lowest BCUT2D eigenvalue weighted by Crippen LogP contribution is -2.41. The van der Waals surface area contributed by atoms with Crippen LogP contribution in [-0.4, -0.2) is 43.0 Å². The number of para-hydroxylation sites is 1. The highest BCUT2D eigenvalue weighted by atomic mass is 16.5. The third-order valence-electron chi connectivity index (χ3n) is 3.40. The summed E-state index contributed by atoms with van der Waals surface area (Å²) in [6.45, 7) is 6.03. The van der Waals surface area contributed by atoms with Gasteiger partial charge in [0.05, 0.1) is 13.2 Å². The third kappa shape index (κ3) is 4.16. The standard InChI is InChI=1S/C16H20N2O3/c1-2-18(14-6-4-3-5-7-14)16(20)9-8-15(19)17-10-12-21-13-11-17/h2-7H,1,8-13H2. The number of benzene rings is 1. The fourth-order valence-corrected chi connectivity index (χ4v) is 2.24. The summed E-state index contributed by atoms with van der Waals surface area (Å²) in [5, 5.41) is 0. The highest BCUT2D eigenvalue weighted by Crippen LogP contribution is 2.15. The van der Waals surface area contributed by atoms with E-state index in [4.69, 9.17) is 4.74 Å². The lowest BCUT2D eigenvalue weighted by Gasteiger charge is -2.27. The van der Waals surface area contributed by atoms with E-state index in [9.17, 15) is 9.59 Å². The van der Waals surface area contributed by atoms with Crippen molar-refractivity contribution in [2.75, 3.05) is 31.2 Å². The second kappa shape index (κ2) is 7.59. The smallest absolute Gasteiger partial charge is 0.231 e. The second-order valence-electron chi connectivity index (χ2n) is 4.78. The lowest BCUT2D eigenvalue weighted by atomic mass is 10.2. The Balaban J connectivity index is 1.88. The Hall–Kier alpha value is -2.14. The fourth-order valence-electron chi connectivity index (χ4n) is 2.24. The molecule has 1 heterocycles. The molecule has 1 aliphatic heterocycles. The van der Waals surface area contributed by atoms with E-state index in [1.165, 1.54) is 11.1 Å². The van der Waals surface area contributed by atoms with Crippen LogP contribution in [0.2, 0.25) is 0 Å². The normalized spacial score (nSPS) is 14.6. The van der Waals surface area contributed by atoms with E-state index in [2.05, 4.69) is 6.58 Å². The van der Waals surface area contributed by atoms with E-state index in [1.54, 1.807) is 4.90 Å². The van der Waals surface area contributed by atoms with E-state index in [1.807, 2.05) is 30.3 Å². The topological polar surface area (TPSA) is 49.9 Å². The summed E-state index contributed by atoms with van der Waals surface area (Å²) in [4.78, 5) is 27.5. The Morgan fingerprint density at radius 1 is 1.19 bits per heavy atom. The number of hydrogen-bond donors (Lipinski definition) is 0. The van der Waals surface area contributed by atoms with Crippen LogP contribution in [0, 0.1) is 0 Å². The monoisotopic (exact) mass is 288 g/mol. The molecule has 1 fully saturated rings. The number of ether oxygens (including phenoxy) is 1. The number of hydrogen-bond acceptors (Lipinski definition) is 3. The molecule has 0 spiro atoms. The van der Waals surface area contributed by atoms with Crippen molar-refractivity contribution in [1.82, 2.24) is 4.90 Å². The van der Waals surface area contributed by atoms with Gasteiger partial charge in [0.1, 0.15) is 0 Å². The van der Waals surface area contributed by atoms with E-state index >= 15 is 0 Å². The van der Waals surface area contributed by atoms with Crippen LogP contribution in [0.5, 0.6) is 0 Å². The quantitative estimate of drug-likeness (QED) is 0.830. The first-order chi connectivity index (χ1) is 10.2. The number of carbonyl (C=O) groups is 2. The highest BCUT2D eigenvalue weighted by Gasteiger charge is 2.19. The molecule has 0 unspecified atom stereocenters. The summed E-state index contributed by atoms with van der Waals surface area (Å²) in [7, 11) is 0. The Morgan fingerprint density at radius 2 is 1.86 bits per heavy atom. The predicted octanol–water partition coefficient (Wildman–Crippen LogP) is 1.80. The molecular weight excluding hydrogens is 268 g/mol. The van der Waals surface area contributed by atoms with Gasteiger partial charge >= 0.3 is 0 Å². The number of rotatable bonds is 5. The van der Waals surface area contributed by atoms with Gasteiger partial charge in [-0.3, -0.25) is 14.5 Å². The minimum absolute atomic E-state index is 0.00345. The molecule has 2 rings (SSSR count). The minimum Gasteiger partial charge on any atom is -0.378 e. The maximum absolute atomic E-state index is 12.2. The van der Waals surface area contributed by atoms with Crippen LogP contribution < -0.4 is 4.90 Å². The fraction of sp³-hybridized carbons (Fsp3) is 0.375. The minimum atomic E-state index is -0.127. The molecule has 21 heavy (non-hydrogen) atoms. The summed E-state index contributed by atoms with van der Waals surface area (Å²) < 4.78 is 5.21. The average molecular weight is 288 g/mol. The van der Waals surface area contributed by atoms with Crippen molar-refractivity contribution in [3.63, 3.8) is 0 Å². The van der Waals surface area contributed by atoms with Gasteiger partial charge in [0, 0.05) is 37.8 Å². The number of carbonyl (C=O) groups excluding carboxylic acids is 2. The maximum Gasteiger partial charge on any atom is 0.231 e. The van der Waals surface area contributed by atoms with Crippen molar-refractivity contribution < 1.29 is 14.3 Å². The summed E-state index contributed by atoms with van der Waals surface area (Å²) in [6, 6.07) is 9.28. The van der Waals surface area contributed by atoms with Gasteiger partial charge in [0.2, 0.25) is 11.8 Å². The van der Waals surface area contributed by atoms with Gasteiger partial charge in [0.15, 0.2) is 0 Å². The van der Waals surface area contributed by atoms with Crippen LogP contribution in [0.4, 0.5) is 5.69 Å². The van der Waals surface area contributed by atoms with E-state index in [-0.39, 0.29) is 24.7 Å². The Labute approximate surface area is 124 Å². The van der Waals surface area contributed by atoms with Crippen molar-refractivity contribution in [3.8, 4) is 0 Å². The third-order valence-corrected chi connectivity index (χ3v) is 3.40. The zero-order valence-electron chi connectivity index (χ0n) is 12.0. The number of anilines is 1. The van der Waals surface area contributed by atoms with Crippen LogP contribution in [0.25, 0.3) is 0 Å². The van der Waals surface area contributed by atoms with Crippen molar-refractivity contribution >= 4 is 17.5 Å². The molecule has 112 valence electrons. The molecule has 0 atom stereocenters. The Morgan fingerprint density at radius 3 is 2.48 bits per heavy atom. The molecule has 0 radical (unpaired) electrons. The Bertz CT molecular complexity index is 496. The maximum atomic E-state index is 12.2. The average Bonchev–Trinajstić information content (AvgIpc) is 2.55. The second-order valence-corrected chi connectivity index (χ2v) is 4.78. The largest absolute Gasteiger partial charge is 0.378 e. The summed E-state index contributed by atoms with van der Waals surface area (Å²) >= 11 is 0.